The minimum Gasteiger partial charge on any atom is -0.292 e. The third kappa shape index (κ3) is 2.64. The van der Waals surface area contributed by atoms with Crippen LogP contribution in [0.25, 0.3) is 0 Å². The Balaban J connectivity index is 2.17. The highest BCUT2D eigenvalue weighted by Gasteiger charge is 2.14. The van der Waals surface area contributed by atoms with E-state index < -0.39 is 0 Å². The number of aromatic nitrogens is 2. The number of hydrogen-bond donors (Lipinski definition) is 0. The summed E-state index contributed by atoms with van der Waals surface area (Å²) in [5, 5.41) is 4.09. The summed E-state index contributed by atoms with van der Waals surface area (Å²) in [6.07, 6.45) is 2.58. The van der Waals surface area contributed by atoms with Gasteiger partial charge in [0.15, 0.2) is 5.78 Å². The summed E-state index contributed by atoms with van der Waals surface area (Å²) in [6.45, 7) is 2.72. The molecule has 0 aliphatic rings. The van der Waals surface area contributed by atoms with Crippen LogP contribution in [-0.4, -0.2) is 15.6 Å². The third-order valence-electron chi connectivity index (χ3n) is 2.75. The Morgan fingerprint density at radius 3 is 2.83 bits per heavy atom. The van der Waals surface area contributed by atoms with E-state index in [9.17, 15) is 9.18 Å². The zero-order chi connectivity index (χ0) is 13.0. The minimum absolute atomic E-state index is 0.0715. The standard InChI is InChI=1S/C14H15FN2O/c1-2-9-17-13(7-8-16-17)14(18)10-11-5-3-4-6-12(11)15/h3-8H,2,9-10H2,1H3. The molecule has 4 heteroatoms. The first-order chi connectivity index (χ1) is 8.72. The van der Waals surface area contributed by atoms with Crippen molar-refractivity contribution >= 4 is 5.78 Å². The highest BCUT2D eigenvalue weighted by atomic mass is 19.1. The Morgan fingerprint density at radius 1 is 1.33 bits per heavy atom. The molecule has 0 amide bonds. The van der Waals surface area contributed by atoms with Crippen LogP contribution in [0.15, 0.2) is 36.5 Å². The molecule has 0 spiro atoms. The Labute approximate surface area is 105 Å². The number of rotatable bonds is 5. The average Bonchev–Trinajstić information content (AvgIpc) is 2.81. The zero-order valence-corrected chi connectivity index (χ0v) is 10.3. The minimum atomic E-state index is -0.340. The van der Waals surface area contributed by atoms with Crippen LogP contribution in [0.1, 0.15) is 29.4 Å². The lowest BCUT2D eigenvalue weighted by Gasteiger charge is -2.06. The summed E-state index contributed by atoms with van der Waals surface area (Å²) in [5.41, 5.74) is 0.965. The molecule has 18 heavy (non-hydrogen) atoms. The zero-order valence-electron chi connectivity index (χ0n) is 10.3. The maximum Gasteiger partial charge on any atom is 0.185 e. The molecule has 0 saturated carbocycles. The van der Waals surface area contributed by atoms with Gasteiger partial charge < -0.3 is 0 Å². The topological polar surface area (TPSA) is 34.9 Å². The van der Waals surface area contributed by atoms with Crippen molar-refractivity contribution in [3.63, 3.8) is 0 Å². The van der Waals surface area contributed by atoms with Gasteiger partial charge in [0.25, 0.3) is 0 Å². The molecule has 0 bridgehead atoms. The van der Waals surface area contributed by atoms with Gasteiger partial charge in [0.2, 0.25) is 0 Å². The summed E-state index contributed by atoms with van der Waals surface area (Å²) < 4.78 is 15.1. The molecule has 1 aromatic heterocycles. The van der Waals surface area contributed by atoms with Gasteiger partial charge in [-0.2, -0.15) is 5.10 Å². The number of nitrogens with zero attached hydrogens (tertiary/aromatic N) is 2. The maximum atomic E-state index is 13.5. The van der Waals surface area contributed by atoms with Crippen molar-refractivity contribution in [1.82, 2.24) is 9.78 Å². The quantitative estimate of drug-likeness (QED) is 0.760. The van der Waals surface area contributed by atoms with Crippen molar-refractivity contribution in [3.05, 3.63) is 53.6 Å². The largest absolute Gasteiger partial charge is 0.292 e. The summed E-state index contributed by atoms with van der Waals surface area (Å²) in [5.74, 6) is -0.446. The van der Waals surface area contributed by atoms with Gasteiger partial charge in [0.1, 0.15) is 11.5 Å². The molecule has 1 heterocycles. The van der Waals surface area contributed by atoms with Crippen LogP contribution in [0, 0.1) is 5.82 Å². The molecule has 0 aliphatic heterocycles. The van der Waals surface area contributed by atoms with Gasteiger partial charge in [-0.25, -0.2) is 4.39 Å². The summed E-state index contributed by atoms with van der Waals surface area (Å²) in [7, 11) is 0. The van der Waals surface area contributed by atoms with E-state index in [1.165, 1.54) is 6.07 Å². The predicted octanol–water partition coefficient (Wildman–Crippen LogP) is 2.86. The number of benzene rings is 1. The maximum absolute atomic E-state index is 13.5. The summed E-state index contributed by atoms with van der Waals surface area (Å²) >= 11 is 0. The number of hydrogen-bond acceptors (Lipinski definition) is 2. The molecule has 2 aromatic rings. The summed E-state index contributed by atoms with van der Waals surface area (Å²) in [6, 6.07) is 8.03. The number of carbonyl (C=O) groups is 1. The SMILES string of the molecule is CCCn1nccc1C(=O)Cc1ccccc1F. The molecule has 0 saturated heterocycles. The number of ketones is 1. The predicted molar refractivity (Wildman–Crippen MR) is 67.0 cm³/mol. The smallest absolute Gasteiger partial charge is 0.185 e. The van der Waals surface area contributed by atoms with Crippen LogP contribution in [-0.2, 0) is 13.0 Å². The van der Waals surface area contributed by atoms with E-state index in [1.54, 1.807) is 35.1 Å². The molecule has 0 N–H and O–H groups in total. The number of carbonyl (C=O) groups excluding carboxylic acids is 1. The molecule has 0 radical (unpaired) electrons. The highest BCUT2D eigenvalue weighted by Crippen LogP contribution is 2.11. The molecular weight excluding hydrogens is 231 g/mol. The fourth-order valence-corrected chi connectivity index (χ4v) is 1.86. The molecule has 0 unspecified atom stereocenters. The molecule has 94 valence electrons. The van der Waals surface area contributed by atoms with Crippen LogP contribution in [0.2, 0.25) is 0 Å². The van der Waals surface area contributed by atoms with Crippen molar-refractivity contribution in [2.24, 2.45) is 0 Å². The van der Waals surface area contributed by atoms with E-state index in [4.69, 9.17) is 0 Å². The summed E-state index contributed by atoms with van der Waals surface area (Å²) in [4.78, 5) is 12.1. The number of halogens is 1. The van der Waals surface area contributed by atoms with Gasteiger partial charge in [-0.15, -0.1) is 0 Å². The first kappa shape index (κ1) is 12.5. The van der Waals surface area contributed by atoms with Crippen molar-refractivity contribution in [2.45, 2.75) is 26.3 Å². The van der Waals surface area contributed by atoms with Gasteiger partial charge in [0, 0.05) is 19.2 Å². The van der Waals surface area contributed by atoms with E-state index >= 15 is 0 Å². The van der Waals surface area contributed by atoms with Crippen LogP contribution < -0.4 is 0 Å². The van der Waals surface area contributed by atoms with Gasteiger partial charge in [0.05, 0.1) is 0 Å². The lowest BCUT2D eigenvalue weighted by Crippen LogP contribution is -2.13. The fraction of sp³-hybridized carbons (Fsp3) is 0.286. The average molecular weight is 246 g/mol. The molecule has 0 fully saturated rings. The normalized spacial score (nSPS) is 10.6. The number of aryl methyl sites for hydroxylation is 1. The van der Waals surface area contributed by atoms with Gasteiger partial charge in [-0.1, -0.05) is 25.1 Å². The van der Waals surface area contributed by atoms with E-state index in [0.29, 0.717) is 17.8 Å². The van der Waals surface area contributed by atoms with Gasteiger partial charge >= 0.3 is 0 Å². The number of Topliss-reactive ketones (excluding diaryl/α,β-unsaturated/α-hetero) is 1. The molecule has 0 aliphatic carbocycles. The van der Waals surface area contributed by atoms with Crippen LogP contribution >= 0.6 is 0 Å². The molecule has 2 rings (SSSR count). The molecule has 1 aromatic carbocycles. The Bertz CT molecular complexity index is 548. The monoisotopic (exact) mass is 246 g/mol. The molecule has 3 nitrogen and oxygen atoms in total. The van der Waals surface area contributed by atoms with E-state index in [0.717, 1.165) is 6.42 Å². The highest BCUT2D eigenvalue weighted by molar-refractivity contribution is 5.95. The second-order valence-corrected chi connectivity index (χ2v) is 4.13. The second-order valence-electron chi connectivity index (χ2n) is 4.13. The van der Waals surface area contributed by atoms with Crippen LogP contribution in [0.5, 0.6) is 0 Å². The van der Waals surface area contributed by atoms with Crippen molar-refractivity contribution in [2.75, 3.05) is 0 Å². The second kappa shape index (κ2) is 5.58. The van der Waals surface area contributed by atoms with Crippen molar-refractivity contribution < 1.29 is 9.18 Å². The molecular formula is C14H15FN2O. The lowest BCUT2D eigenvalue weighted by molar-refractivity contribution is 0.0981. The van der Waals surface area contributed by atoms with Crippen molar-refractivity contribution in [1.29, 1.82) is 0 Å². The third-order valence-corrected chi connectivity index (χ3v) is 2.75. The van der Waals surface area contributed by atoms with Crippen molar-refractivity contribution in [3.8, 4) is 0 Å². The molecule has 0 atom stereocenters. The Morgan fingerprint density at radius 2 is 2.11 bits per heavy atom. The first-order valence-electron chi connectivity index (χ1n) is 6.00. The van der Waals surface area contributed by atoms with E-state index in [1.807, 2.05) is 6.92 Å². The van der Waals surface area contributed by atoms with Gasteiger partial charge in [-0.3, -0.25) is 9.48 Å². The van der Waals surface area contributed by atoms with Crippen LogP contribution in [0.3, 0.4) is 0 Å². The van der Waals surface area contributed by atoms with E-state index in [-0.39, 0.29) is 18.0 Å². The van der Waals surface area contributed by atoms with E-state index in [2.05, 4.69) is 5.10 Å². The Kier molecular flexibility index (Phi) is 3.87. The van der Waals surface area contributed by atoms with Crippen LogP contribution in [0.4, 0.5) is 4.39 Å². The Hall–Kier alpha value is -1.97. The van der Waals surface area contributed by atoms with Gasteiger partial charge in [-0.05, 0) is 24.1 Å². The fourth-order valence-electron chi connectivity index (χ4n) is 1.86. The first-order valence-corrected chi connectivity index (χ1v) is 6.00. The lowest BCUT2D eigenvalue weighted by atomic mass is 10.1.